The van der Waals surface area contributed by atoms with Crippen LogP contribution in [-0.2, 0) is 6.54 Å². The number of hydrogen-bond donors (Lipinski definition) is 2. The van der Waals surface area contributed by atoms with Crippen LogP contribution in [0, 0.1) is 5.92 Å². The Kier molecular flexibility index (Phi) is 5.62. The van der Waals surface area contributed by atoms with Gasteiger partial charge in [0.1, 0.15) is 0 Å². The van der Waals surface area contributed by atoms with Crippen molar-refractivity contribution in [2.45, 2.75) is 45.7 Å². The molecular weight excluding hydrogens is 278 g/mol. The average Bonchev–Trinajstić information content (AvgIpc) is 2.59. The number of rotatable bonds is 7. The van der Waals surface area contributed by atoms with E-state index in [-0.39, 0.29) is 5.92 Å². The molecule has 0 radical (unpaired) electrons. The van der Waals surface area contributed by atoms with Crippen LogP contribution in [0.25, 0.3) is 0 Å². The molecule has 0 fully saturated rings. The molecule has 0 saturated heterocycles. The van der Waals surface area contributed by atoms with Gasteiger partial charge in [-0.05, 0) is 39.5 Å². The molecule has 0 aliphatic carbocycles. The predicted molar refractivity (Wildman–Crippen MR) is 80.0 cm³/mol. The third-order valence-electron chi connectivity index (χ3n) is 2.93. The van der Waals surface area contributed by atoms with E-state index >= 15 is 0 Å². The van der Waals surface area contributed by atoms with Crippen LogP contribution in [0.3, 0.4) is 0 Å². The molecule has 0 aromatic carbocycles. The topological polar surface area (TPSA) is 67.2 Å². The molecule has 20 heavy (non-hydrogen) atoms. The van der Waals surface area contributed by atoms with Crippen LogP contribution < -0.4 is 5.32 Å². The number of aromatic nitrogens is 2. The van der Waals surface area contributed by atoms with Crippen LogP contribution >= 0.6 is 11.6 Å². The Labute approximate surface area is 124 Å². The lowest BCUT2D eigenvalue weighted by atomic mass is 9.87. The molecule has 5 nitrogen and oxygen atoms in total. The molecule has 0 saturated carbocycles. The van der Waals surface area contributed by atoms with Gasteiger partial charge in [0.25, 0.3) is 0 Å². The number of carboxylic acid groups (broad SMARTS) is 1. The number of nitrogens with one attached hydrogen (secondary N) is 1. The lowest BCUT2D eigenvalue weighted by molar-refractivity contribution is 0.174. The summed E-state index contributed by atoms with van der Waals surface area (Å²) < 4.78 is 1.78. The number of allylic oxidation sites excluding steroid dienone is 1. The van der Waals surface area contributed by atoms with Crippen molar-refractivity contribution in [1.82, 2.24) is 15.1 Å². The minimum Gasteiger partial charge on any atom is -0.465 e. The van der Waals surface area contributed by atoms with E-state index in [0.717, 1.165) is 12.0 Å². The van der Waals surface area contributed by atoms with Gasteiger partial charge in [0.2, 0.25) is 0 Å². The zero-order chi connectivity index (χ0) is 15.3. The molecule has 1 atom stereocenters. The highest BCUT2D eigenvalue weighted by Crippen LogP contribution is 2.24. The predicted octanol–water partition coefficient (Wildman–Crippen LogP) is 3.56. The maximum atomic E-state index is 10.8. The number of nitrogens with zero attached hydrogens (tertiary/aromatic N) is 2. The highest BCUT2D eigenvalue weighted by atomic mass is 35.5. The van der Waals surface area contributed by atoms with Crippen molar-refractivity contribution < 1.29 is 9.90 Å². The lowest BCUT2D eigenvalue weighted by Gasteiger charge is -2.30. The molecule has 1 rings (SSSR count). The van der Waals surface area contributed by atoms with Crippen LogP contribution in [0.1, 0.15) is 33.6 Å². The van der Waals surface area contributed by atoms with E-state index in [2.05, 4.69) is 17.0 Å². The molecule has 0 spiro atoms. The smallest absolute Gasteiger partial charge is 0.405 e. The summed E-state index contributed by atoms with van der Waals surface area (Å²) in [5, 5.41) is 16.2. The van der Waals surface area contributed by atoms with Crippen molar-refractivity contribution in [2.24, 2.45) is 5.92 Å². The minimum atomic E-state index is -1.01. The van der Waals surface area contributed by atoms with E-state index in [0.29, 0.717) is 18.0 Å². The van der Waals surface area contributed by atoms with Crippen molar-refractivity contribution in [3.8, 4) is 0 Å². The maximum Gasteiger partial charge on any atom is 0.405 e. The van der Waals surface area contributed by atoms with Crippen LogP contribution in [0.2, 0.25) is 5.02 Å². The first-order chi connectivity index (χ1) is 9.18. The summed E-state index contributed by atoms with van der Waals surface area (Å²) >= 11 is 5.86. The molecule has 1 heterocycles. The first-order valence-electron chi connectivity index (χ1n) is 6.51. The van der Waals surface area contributed by atoms with Gasteiger partial charge in [-0.1, -0.05) is 17.2 Å². The number of halogens is 1. The second kappa shape index (κ2) is 6.79. The third-order valence-corrected chi connectivity index (χ3v) is 3.12. The molecule has 6 heteroatoms. The zero-order valence-corrected chi connectivity index (χ0v) is 12.9. The second-order valence-corrected chi connectivity index (χ2v) is 6.36. The fraction of sp³-hybridized carbons (Fsp3) is 0.571. The summed E-state index contributed by atoms with van der Waals surface area (Å²) in [6, 6.07) is 0. The van der Waals surface area contributed by atoms with Crippen molar-refractivity contribution in [3.05, 3.63) is 29.6 Å². The molecular formula is C14H22ClN3O2. The Morgan fingerprint density at radius 2 is 2.30 bits per heavy atom. The standard InChI is InChI=1S/C14H22ClN3O2/c1-10(2)5-11(6-14(3,4)17-13(19)20)8-18-9-12(15)7-16-18/h7,9,11,17H,1,5-6,8H2,2-4H3,(H,19,20). The first-order valence-corrected chi connectivity index (χ1v) is 6.89. The minimum absolute atomic E-state index is 0.241. The van der Waals surface area contributed by atoms with Crippen molar-refractivity contribution in [3.63, 3.8) is 0 Å². The van der Waals surface area contributed by atoms with E-state index in [1.165, 1.54) is 0 Å². The maximum absolute atomic E-state index is 10.8. The molecule has 2 N–H and O–H groups in total. The molecule has 1 aromatic rings. The first kappa shape index (κ1) is 16.6. The van der Waals surface area contributed by atoms with Crippen molar-refractivity contribution >= 4 is 17.7 Å². The zero-order valence-electron chi connectivity index (χ0n) is 12.2. The summed E-state index contributed by atoms with van der Waals surface area (Å²) in [5.74, 6) is 0.241. The second-order valence-electron chi connectivity index (χ2n) is 5.93. The SMILES string of the molecule is C=C(C)CC(Cn1cc(Cl)cn1)CC(C)(C)NC(=O)O. The van der Waals surface area contributed by atoms with Gasteiger partial charge in [-0.2, -0.15) is 5.10 Å². The number of carbonyl (C=O) groups is 1. The fourth-order valence-electron chi connectivity index (χ4n) is 2.46. The van der Waals surface area contributed by atoms with Gasteiger partial charge < -0.3 is 10.4 Å². The largest absolute Gasteiger partial charge is 0.465 e. The van der Waals surface area contributed by atoms with E-state index in [1.807, 2.05) is 20.8 Å². The molecule has 0 aliphatic heterocycles. The normalized spacial score (nSPS) is 13.0. The highest BCUT2D eigenvalue weighted by molar-refractivity contribution is 6.30. The monoisotopic (exact) mass is 299 g/mol. The van der Waals surface area contributed by atoms with Crippen molar-refractivity contribution in [2.75, 3.05) is 0 Å². The Morgan fingerprint density at radius 3 is 2.75 bits per heavy atom. The van der Waals surface area contributed by atoms with E-state index in [1.54, 1.807) is 17.1 Å². The molecule has 0 aliphatic rings. The van der Waals surface area contributed by atoms with Gasteiger partial charge in [-0.3, -0.25) is 4.68 Å². The van der Waals surface area contributed by atoms with Crippen LogP contribution in [0.15, 0.2) is 24.5 Å². The Morgan fingerprint density at radius 1 is 1.65 bits per heavy atom. The average molecular weight is 300 g/mol. The summed E-state index contributed by atoms with van der Waals surface area (Å²) in [5.41, 5.74) is 0.572. The Bertz CT molecular complexity index is 483. The molecule has 112 valence electrons. The number of amides is 1. The highest BCUT2D eigenvalue weighted by Gasteiger charge is 2.25. The Hall–Kier alpha value is -1.49. The van der Waals surface area contributed by atoms with E-state index < -0.39 is 11.6 Å². The molecule has 0 bridgehead atoms. The van der Waals surface area contributed by atoms with Gasteiger partial charge in [-0.25, -0.2) is 4.79 Å². The molecule has 1 amide bonds. The van der Waals surface area contributed by atoms with Crippen LogP contribution in [0.5, 0.6) is 0 Å². The summed E-state index contributed by atoms with van der Waals surface area (Å²) in [4.78, 5) is 10.8. The summed E-state index contributed by atoms with van der Waals surface area (Å²) in [6.45, 7) is 10.4. The van der Waals surface area contributed by atoms with Gasteiger partial charge >= 0.3 is 6.09 Å². The quantitative estimate of drug-likeness (QED) is 0.757. The van der Waals surface area contributed by atoms with Crippen LogP contribution in [-0.4, -0.2) is 26.5 Å². The Balaban J connectivity index is 2.73. The van der Waals surface area contributed by atoms with Crippen molar-refractivity contribution in [1.29, 1.82) is 0 Å². The van der Waals surface area contributed by atoms with Gasteiger partial charge in [0, 0.05) is 18.3 Å². The van der Waals surface area contributed by atoms with E-state index in [4.69, 9.17) is 16.7 Å². The van der Waals surface area contributed by atoms with Gasteiger partial charge in [0.05, 0.1) is 11.2 Å². The third kappa shape index (κ3) is 6.10. The molecule has 1 aromatic heterocycles. The van der Waals surface area contributed by atoms with E-state index in [9.17, 15) is 4.79 Å². The lowest BCUT2D eigenvalue weighted by Crippen LogP contribution is -2.44. The summed E-state index contributed by atoms with van der Waals surface area (Å²) in [7, 11) is 0. The fourth-order valence-corrected chi connectivity index (χ4v) is 2.62. The number of hydrogen-bond acceptors (Lipinski definition) is 2. The van der Waals surface area contributed by atoms with Crippen LogP contribution in [0.4, 0.5) is 4.79 Å². The van der Waals surface area contributed by atoms with Gasteiger partial charge in [0.15, 0.2) is 0 Å². The van der Waals surface area contributed by atoms with Gasteiger partial charge in [-0.15, -0.1) is 6.58 Å². The molecule has 1 unspecified atom stereocenters. The summed E-state index contributed by atoms with van der Waals surface area (Å²) in [6.07, 6.45) is 3.88.